The Morgan fingerprint density at radius 2 is 2.40 bits per heavy atom. The molecule has 1 unspecified atom stereocenters. The zero-order valence-electron chi connectivity index (χ0n) is 4.56. The van der Waals surface area contributed by atoms with Crippen molar-refractivity contribution in [2.45, 2.75) is 6.04 Å². The van der Waals surface area contributed by atoms with Gasteiger partial charge >= 0.3 is 5.91 Å². The highest BCUT2D eigenvalue weighted by Crippen LogP contribution is 2.15. The summed E-state index contributed by atoms with van der Waals surface area (Å²) in [6.07, 6.45) is 0. The number of carbonyl (C=O) groups is 2. The molecule has 0 fully saturated rings. The van der Waals surface area contributed by atoms with Crippen LogP contribution < -0.4 is 0 Å². The lowest BCUT2D eigenvalue weighted by Gasteiger charge is -2.05. The minimum Gasteiger partial charge on any atom is -0.284 e. The van der Waals surface area contributed by atoms with Gasteiger partial charge < -0.3 is 0 Å². The molecular weight excluding hydrogens is 178 g/mol. The summed E-state index contributed by atoms with van der Waals surface area (Å²) in [7, 11) is 0. The summed E-state index contributed by atoms with van der Waals surface area (Å²) >= 11 is 8.66. The van der Waals surface area contributed by atoms with Crippen LogP contribution >= 0.6 is 24.4 Å². The predicted molar refractivity (Wildman–Crippen MR) is 35.3 cm³/mol. The standard InChI is InChI=1S/C3H2ClN3O2S/c4-7-1(3(9)10)2(8)5-6-7/h1H,(H,9,10). The Labute approximate surface area is 66.5 Å². The molecule has 0 N–H and O–H groups in total. The van der Waals surface area contributed by atoms with E-state index in [4.69, 9.17) is 11.8 Å². The molecule has 0 saturated carbocycles. The van der Waals surface area contributed by atoms with Crippen molar-refractivity contribution in [1.82, 2.24) is 4.53 Å². The van der Waals surface area contributed by atoms with E-state index in [0.717, 1.165) is 0 Å². The second-order valence-corrected chi connectivity index (χ2v) is 2.34. The molecule has 5 nitrogen and oxygen atoms in total. The molecule has 0 saturated heterocycles. The van der Waals surface area contributed by atoms with E-state index >= 15 is 0 Å². The normalized spacial score (nSPS) is 24.0. The minimum atomic E-state index is -1.15. The SMILES string of the molecule is O=C(S)C1C(=O)N=NN1Cl. The molecule has 10 heavy (non-hydrogen) atoms. The van der Waals surface area contributed by atoms with Crippen molar-refractivity contribution < 1.29 is 9.59 Å². The summed E-state index contributed by atoms with van der Waals surface area (Å²) in [5.74, 6) is -0.685. The highest BCUT2D eigenvalue weighted by Gasteiger charge is 2.34. The Balaban J connectivity index is 2.79. The summed E-state index contributed by atoms with van der Waals surface area (Å²) in [5.41, 5.74) is 0. The molecule has 1 atom stereocenters. The summed E-state index contributed by atoms with van der Waals surface area (Å²) in [6.45, 7) is 0. The van der Waals surface area contributed by atoms with Gasteiger partial charge in [0.25, 0.3) is 0 Å². The zero-order valence-corrected chi connectivity index (χ0v) is 6.21. The number of hydrogen-bond acceptors (Lipinski definition) is 4. The van der Waals surface area contributed by atoms with Crippen LogP contribution in [0.4, 0.5) is 0 Å². The van der Waals surface area contributed by atoms with Gasteiger partial charge in [0.05, 0.1) is 0 Å². The number of hydrogen-bond donors (Lipinski definition) is 1. The second kappa shape index (κ2) is 2.55. The molecule has 54 valence electrons. The zero-order chi connectivity index (χ0) is 7.72. The van der Waals surface area contributed by atoms with Gasteiger partial charge in [-0.3, -0.25) is 9.59 Å². The molecule has 7 heteroatoms. The Hall–Kier alpha value is -0.620. The maximum Gasteiger partial charge on any atom is 0.300 e. The van der Waals surface area contributed by atoms with Crippen molar-refractivity contribution in [3.05, 3.63) is 0 Å². The van der Waals surface area contributed by atoms with Crippen LogP contribution in [0, 0.1) is 0 Å². The molecule has 1 heterocycles. The number of carbonyl (C=O) groups excluding carboxylic acids is 2. The van der Waals surface area contributed by atoms with Crippen LogP contribution in [0.5, 0.6) is 0 Å². The van der Waals surface area contributed by atoms with E-state index in [9.17, 15) is 9.59 Å². The third-order valence-corrected chi connectivity index (χ3v) is 1.42. The van der Waals surface area contributed by atoms with Crippen molar-refractivity contribution in [2.24, 2.45) is 10.3 Å². The van der Waals surface area contributed by atoms with E-state index in [1.807, 2.05) is 0 Å². The molecule has 0 aromatic carbocycles. The summed E-state index contributed by atoms with van der Waals surface area (Å²) in [6, 6.07) is -1.15. The molecule has 0 aromatic heterocycles. The quantitative estimate of drug-likeness (QED) is 0.355. The van der Waals surface area contributed by atoms with Gasteiger partial charge in [0, 0.05) is 11.8 Å². The molecule has 0 aliphatic carbocycles. The molecule has 1 aliphatic heterocycles. The molecule has 0 spiro atoms. The number of rotatable bonds is 1. The van der Waals surface area contributed by atoms with Crippen LogP contribution in [0.1, 0.15) is 0 Å². The molecule has 1 rings (SSSR count). The topological polar surface area (TPSA) is 62.1 Å². The van der Waals surface area contributed by atoms with Crippen molar-refractivity contribution in [1.29, 1.82) is 0 Å². The lowest BCUT2D eigenvalue weighted by molar-refractivity contribution is -0.125. The largest absolute Gasteiger partial charge is 0.300 e. The van der Waals surface area contributed by atoms with Crippen molar-refractivity contribution in [2.75, 3.05) is 0 Å². The first-order valence-corrected chi connectivity index (χ1v) is 3.05. The van der Waals surface area contributed by atoms with Gasteiger partial charge in [-0.25, -0.2) is 0 Å². The van der Waals surface area contributed by atoms with Crippen molar-refractivity contribution >= 4 is 35.4 Å². The van der Waals surface area contributed by atoms with Gasteiger partial charge in [-0.2, -0.15) is 4.53 Å². The summed E-state index contributed by atoms with van der Waals surface area (Å²) < 4.78 is 0.650. The number of thiol groups is 1. The molecule has 1 aliphatic rings. The first-order valence-electron chi connectivity index (χ1n) is 2.26. The number of amides is 1. The molecule has 0 aromatic rings. The smallest absolute Gasteiger partial charge is 0.284 e. The highest BCUT2D eigenvalue weighted by molar-refractivity contribution is 7.96. The fourth-order valence-corrected chi connectivity index (χ4v) is 0.975. The first kappa shape index (κ1) is 7.49. The highest BCUT2D eigenvalue weighted by atomic mass is 35.5. The summed E-state index contributed by atoms with van der Waals surface area (Å²) in [5, 5.41) is 5.49. The number of nitrogens with zero attached hydrogens (tertiary/aromatic N) is 3. The average Bonchev–Trinajstić information content (AvgIpc) is 2.11. The van der Waals surface area contributed by atoms with Crippen LogP contribution in [-0.2, 0) is 9.59 Å². The minimum absolute atomic E-state index is 0.650. The fraction of sp³-hybridized carbons (Fsp3) is 0.333. The van der Waals surface area contributed by atoms with Crippen LogP contribution in [0.25, 0.3) is 0 Å². The van der Waals surface area contributed by atoms with Crippen LogP contribution in [-0.4, -0.2) is 21.6 Å². The lowest BCUT2D eigenvalue weighted by atomic mass is 10.3. The third kappa shape index (κ3) is 1.12. The van der Waals surface area contributed by atoms with E-state index in [0.29, 0.717) is 4.53 Å². The Kier molecular flexibility index (Phi) is 1.91. The maximum absolute atomic E-state index is 10.6. The molecule has 0 bridgehead atoms. The van der Waals surface area contributed by atoms with Gasteiger partial charge in [-0.15, -0.1) is 12.6 Å². The monoisotopic (exact) mass is 179 g/mol. The third-order valence-electron chi connectivity index (χ3n) is 0.910. The molecular formula is C3H2ClN3O2S. The van der Waals surface area contributed by atoms with Crippen LogP contribution in [0.3, 0.4) is 0 Å². The van der Waals surface area contributed by atoms with E-state index in [1.54, 1.807) is 0 Å². The van der Waals surface area contributed by atoms with Crippen LogP contribution in [0.15, 0.2) is 10.3 Å². The number of halogens is 1. The van der Waals surface area contributed by atoms with Gasteiger partial charge in [-0.05, 0) is 0 Å². The summed E-state index contributed by atoms with van der Waals surface area (Å²) in [4.78, 5) is 21.0. The molecule has 1 amide bonds. The van der Waals surface area contributed by atoms with E-state index in [1.165, 1.54) is 0 Å². The van der Waals surface area contributed by atoms with Crippen molar-refractivity contribution in [3.8, 4) is 0 Å². The van der Waals surface area contributed by atoms with Gasteiger partial charge in [0.1, 0.15) is 0 Å². The van der Waals surface area contributed by atoms with Gasteiger partial charge in [-0.1, -0.05) is 10.3 Å². The second-order valence-electron chi connectivity index (χ2n) is 1.56. The molecule has 0 radical (unpaired) electrons. The van der Waals surface area contributed by atoms with E-state index < -0.39 is 17.1 Å². The van der Waals surface area contributed by atoms with E-state index in [-0.39, 0.29) is 0 Å². The Bertz CT molecular complexity index is 218. The fourth-order valence-electron chi connectivity index (χ4n) is 0.481. The first-order chi connectivity index (χ1) is 4.63. The maximum atomic E-state index is 10.6. The van der Waals surface area contributed by atoms with Gasteiger partial charge in [0.2, 0.25) is 11.2 Å². The van der Waals surface area contributed by atoms with E-state index in [2.05, 4.69) is 23.0 Å². The average molecular weight is 180 g/mol. The lowest BCUT2D eigenvalue weighted by Crippen LogP contribution is -2.31. The Morgan fingerprint density at radius 1 is 1.80 bits per heavy atom. The van der Waals surface area contributed by atoms with Crippen LogP contribution in [0.2, 0.25) is 0 Å². The predicted octanol–water partition coefficient (Wildman–Crippen LogP) is 0.175. The van der Waals surface area contributed by atoms with Gasteiger partial charge in [0.15, 0.2) is 0 Å². The Morgan fingerprint density at radius 3 is 2.60 bits per heavy atom. The van der Waals surface area contributed by atoms with Crippen molar-refractivity contribution in [3.63, 3.8) is 0 Å².